The van der Waals surface area contributed by atoms with Crippen LogP contribution in [-0.4, -0.2) is 26.1 Å². The Bertz CT molecular complexity index is 563. The molecule has 0 saturated heterocycles. The molecule has 2 aromatic heterocycles. The number of thiophene rings is 1. The summed E-state index contributed by atoms with van der Waals surface area (Å²) in [6.45, 7) is 1.97. The second-order valence-electron chi connectivity index (χ2n) is 3.54. The molecule has 1 amide bonds. The van der Waals surface area contributed by atoms with Crippen molar-refractivity contribution in [2.24, 2.45) is 12.9 Å². The molecular formula is C9H12N6OS2. The number of nitrogens with one attached hydrogen (secondary N) is 1. The Morgan fingerprint density at radius 1 is 1.67 bits per heavy atom. The highest BCUT2D eigenvalue weighted by molar-refractivity contribution is 7.98. The molecule has 9 heteroatoms. The van der Waals surface area contributed by atoms with Crippen molar-refractivity contribution in [3.05, 3.63) is 21.4 Å². The van der Waals surface area contributed by atoms with Crippen molar-refractivity contribution < 1.29 is 4.79 Å². The maximum atomic E-state index is 11.4. The third-order valence-electron chi connectivity index (χ3n) is 2.31. The number of hydrogen-bond acceptors (Lipinski definition) is 7. The first-order valence-corrected chi connectivity index (χ1v) is 6.87. The van der Waals surface area contributed by atoms with Crippen LogP contribution in [0.1, 0.15) is 20.1 Å². The van der Waals surface area contributed by atoms with Crippen LogP contribution in [0.3, 0.4) is 0 Å². The van der Waals surface area contributed by atoms with E-state index in [4.69, 9.17) is 5.84 Å². The zero-order valence-corrected chi connectivity index (χ0v) is 11.5. The number of tetrazole rings is 1. The van der Waals surface area contributed by atoms with Crippen molar-refractivity contribution in [2.75, 3.05) is 0 Å². The number of rotatable bonds is 4. The Hall–Kier alpha value is -1.45. The molecule has 0 spiro atoms. The van der Waals surface area contributed by atoms with Crippen LogP contribution in [0.15, 0.2) is 11.2 Å². The van der Waals surface area contributed by atoms with Crippen molar-refractivity contribution in [1.82, 2.24) is 25.6 Å². The van der Waals surface area contributed by atoms with Crippen molar-refractivity contribution in [1.29, 1.82) is 0 Å². The summed E-state index contributed by atoms with van der Waals surface area (Å²) in [6.07, 6.45) is 0. The minimum Gasteiger partial charge on any atom is -0.289 e. The summed E-state index contributed by atoms with van der Waals surface area (Å²) < 4.78 is 1.61. The largest absolute Gasteiger partial charge is 0.289 e. The first kappa shape index (κ1) is 13.0. The molecular weight excluding hydrogens is 272 g/mol. The lowest BCUT2D eigenvalue weighted by atomic mass is 10.3. The Labute approximate surface area is 112 Å². The maximum Gasteiger partial charge on any atom is 0.275 e. The normalized spacial score (nSPS) is 10.6. The third-order valence-corrected chi connectivity index (χ3v) is 4.46. The number of nitrogens with two attached hydrogens (primary N) is 1. The number of carbonyl (C=O) groups excluding carboxylic acids is 1. The molecule has 0 fully saturated rings. The van der Waals surface area contributed by atoms with Gasteiger partial charge in [0.05, 0.1) is 4.88 Å². The van der Waals surface area contributed by atoms with Crippen LogP contribution in [0.5, 0.6) is 0 Å². The summed E-state index contributed by atoms with van der Waals surface area (Å²) in [5, 5.41) is 12.0. The molecule has 0 radical (unpaired) electrons. The summed E-state index contributed by atoms with van der Waals surface area (Å²) in [5.41, 5.74) is 3.22. The first-order chi connectivity index (χ1) is 8.61. The molecule has 0 atom stereocenters. The second kappa shape index (κ2) is 5.46. The van der Waals surface area contributed by atoms with Crippen molar-refractivity contribution >= 4 is 29.0 Å². The van der Waals surface area contributed by atoms with E-state index in [2.05, 4.69) is 21.0 Å². The van der Waals surface area contributed by atoms with Gasteiger partial charge in [-0.05, 0) is 29.0 Å². The molecule has 2 aromatic rings. The van der Waals surface area contributed by atoms with E-state index in [0.717, 1.165) is 15.6 Å². The molecule has 0 aromatic carbocycles. The number of hydrogen-bond donors (Lipinski definition) is 2. The standard InChI is InChI=1S/C9H12N6OS2/c1-5-6(3-7(18-5)8(16)11-10)4-17-9-12-13-14-15(9)2/h3H,4,10H2,1-2H3,(H,11,16). The van der Waals surface area contributed by atoms with E-state index < -0.39 is 0 Å². The molecule has 0 aliphatic carbocycles. The van der Waals surface area contributed by atoms with Crippen LogP contribution < -0.4 is 11.3 Å². The van der Waals surface area contributed by atoms with E-state index in [-0.39, 0.29) is 5.91 Å². The highest BCUT2D eigenvalue weighted by Crippen LogP contribution is 2.27. The fraction of sp³-hybridized carbons (Fsp3) is 0.333. The molecule has 0 aliphatic heterocycles. The molecule has 18 heavy (non-hydrogen) atoms. The predicted octanol–water partition coefficient (Wildman–Crippen LogP) is 0.476. The van der Waals surface area contributed by atoms with E-state index in [0.29, 0.717) is 10.6 Å². The summed E-state index contributed by atoms with van der Waals surface area (Å²) in [7, 11) is 1.79. The average molecular weight is 284 g/mol. The smallest absolute Gasteiger partial charge is 0.275 e. The molecule has 0 aliphatic rings. The summed E-state index contributed by atoms with van der Waals surface area (Å²) in [6, 6.07) is 1.85. The second-order valence-corrected chi connectivity index (χ2v) is 5.74. The number of amides is 1. The van der Waals surface area contributed by atoms with Crippen LogP contribution in [0, 0.1) is 6.92 Å². The number of aromatic nitrogens is 4. The minimum atomic E-state index is -0.264. The van der Waals surface area contributed by atoms with Gasteiger partial charge in [-0.15, -0.1) is 16.4 Å². The number of hydrazine groups is 1. The van der Waals surface area contributed by atoms with Crippen molar-refractivity contribution in [3.63, 3.8) is 0 Å². The third kappa shape index (κ3) is 2.68. The van der Waals surface area contributed by atoms with Gasteiger partial charge in [0.15, 0.2) is 0 Å². The minimum absolute atomic E-state index is 0.264. The topological polar surface area (TPSA) is 98.7 Å². The molecule has 3 N–H and O–H groups in total. The van der Waals surface area contributed by atoms with Gasteiger partial charge in [0.25, 0.3) is 5.91 Å². The monoisotopic (exact) mass is 284 g/mol. The molecule has 2 heterocycles. The molecule has 7 nitrogen and oxygen atoms in total. The molecule has 0 unspecified atom stereocenters. The lowest BCUT2D eigenvalue weighted by Gasteiger charge is -1.98. The summed E-state index contributed by atoms with van der Waals surface area (Å²) in [5.74, 6) is 5.56. The molecule has 0 saturated carbocycles. The van der Waals surface area contributed by atoms with Gasteiger partial charge in [-0.2, -0.15) is 0 Å². The lowest BCUT2D eigenvalue weighted by molar-refractivity contribution is 0.0957. The van der Waals surface area contributed by atoms with Crippen LogP contribution >= 0.6 is 23.1 Å². The van der Waals surface area contributed by atoms with E-state index in [9.17, 15) is 4.79 Å². The maximum absolute atomic E-state index is 11.4. The molecule has 96 valence electrons. The van der Waals surface area contributed by atoms with Crippen molar-refractivity contribution in [3.8, 4) is 0 Å². The summed E-state index contributed by atoms with van der Waals surface area (Å²) >= 11 is 2.95. The Morgan fingerprint density at radius 3 is 3.06 bits per heavy atom. The Kier molecular flexibility index (Phi) is 3.94. The van der Waals surface area contributed by atoms with Gasteiger partial charge in [0.1, 0.15) is 0 Å². The van der Waals surface area contributed by atoms with Crippen LogP contribution in [0.2, 0.25) is 0 Å². The average Bonchev–Trinajstić information content (AvgIpc) is 2.92. The predicted molar refractivity (Wildman–Crippen MR) is 69.1 cm³/mol. The fourth-order valence-corrected chi connectivity index (χ4v) is 3.27. The van der Waals surface area contributed by atoms with Crippen LogP contribution in [0.4, 0.5) is 0 Å². The van der Waals surface area contributed by atoms with Crippen LogP contribution in [-0.2, 0) is 12.8 Å². The number of carbonyl (C=O) groups is 1. The highest BCUT2D eigenvalue weighted by atomic mass is 32.2. The Morgan fingerprint density at radius 2 is 2.44 bits per heavy atom. The van der Waals surface area contributed by atoms with Crippen molar-refractivity contribution in [2.45, 2.75) is 17.8 Å². The van der Waals surface area contributed by atoms with Gasteiger partial charge in [-0.25, -0.2) is 10.5 Å². The van der Waals surface area contributed by atoms with Gasteiger partial charge in [-0.3, -0.25) is 10.2 Å². The lowest BCUT2D eigenvalue weighted by Crippen LogP contribution is -2.29. The molecule has 0 bridgehead atoms. The van der Waals surface area contributed by atoms with Gasteiger partial charge in [-0.1, -0.05) is 11.8 Å². The van der Waals surface area contributed by atoms with E-state index >= 15 is 0 Å². The Balaban J connectivity index is 2.08. The van der Waals surface area contributed by atoms with Crippen LogP contribution in [0.25, 0.3) is 0 Å². The first-order valence-electron chi connectivity index (χ1n) is 5.07. The highest BCUT2D eigenvalue weighted by Gasteiger charge is 2.12. The zero-order chi connectivity index (χ0) is 13.1. The van der Waals surface area contributed by atoms with E-state index in [1.165, 1.54) is 23.1 Å². The van der Waals surface area contributed by atoms with Gasteiger partial charge < -0.3 is 0 Å². The number of nitrogens with zero attached hydrogens (tertiary/aromatic N) is 4. The van der Waals surface area contributed by atoms with Gasteiger partial charge >= 0.3 is 0 Å². The number of aryl methyl sites for hydroxylation is 2. The van der Waals surface area contributed by atoms with E-state index in [1.54, 1.807) is 11.7 Å². The quantitative estimate of drug-likeness (QED) is 0.366. The fourth-order valence-electron chi connectivity index (χ4n) is 1.33. The SMILES string of the molecule is Cc1sc(C(=O)NN)cc1CSc1nnnn1C. The number of thioether (sulfide) groups is 1. The molecule has 2 rings (SSSR count). The van der Waals surface area contributed by atoms with Gasteiger partial charge in [0, 0.05) is 17.7 Å². The summed E-state index contributed by atoms with van der Waals surface area (Å²) in [4.78, 5) is 13.1. The zero-order valence-electron chi connectivity index (χ0n) is 9.88. The van der Waals surface area contributed by atoms with Gasteiger partial charge in [0.2, 0.25) is 5.16 Å². The van der Waals surface area contributed by atoms with E-state index in [1.807, 2.05) is 13.0 Å². The number of nitrogen functional groups attached to an aromatic ring is 1.